The second-order valence-electron chi connectivity index (χ2n) is 6.51. The Balaban J connectivity index is 1.47. The molecule has 1 aromatic heterocycles. The quantitative estimate of drug-likeness (QED) is 0.690. The van der Waals surface area contributed by atoms with Crippen LogP contribution < -0.4 is 9.47 Å². The topological polar surface area (TPSA) is 62.7 Å². The molecule has 0 saturated carbocycles. The Bertz CT molecular complexity index is 890. The molecule has 140 valence electrons. The van der Waals surface area contributed by atoms with E-state index in [9.17, 15) is 0 Å². The Morgan fingerprint density at radius 1 is 0.926 bits per heavy atom. The standard InChI is InChI=1S/C21H22N2O4/c1-24-21-22-10-19(11-23-21)17-2-3-18-9-20(5-4-16(18)8-17)27-14-15-12-25-6-7-26-13-15/h2-5,8-11,15H,6-7,12-14H2,1H3. The predicted molar refractivity (Wildman–Crippen MR) is 102 cm³/mol. The Labute approximate surface area is 158 Å². The number of ether oxygens (including phenoxy) is 4. The van der Waals surface area contributed by atoms with Crippen LogP contribution in [0.3, 0.4) is 0 Å². The highest BCUT2D eigenvalue weighted by Gasteiger charge is 2.14. The van der Waals surface area contributed by atoms with Crippen molar-refractivity contribution in [1.82, 2.24) is 9.97 Å². The fraction of sp³-hybridized carbons (Fsp3) is 0.333. The number of rotatable bonds is 5. The van der Waals surface area contributed by atoms with Gasteiger partial charge in [-0.05, 0) is 34.5 Å². The molecule has 6 heteroatoms. The molecule has 0 spiro atoms. The summed E-state index contributed by atoms with van der Waals surface area (Å²) < 4.78 is 22.0. The van der Waals surface area contributed by atoms with Gasteiger partial charge >= 0.3 is 6.01 Å². The molecule has 0 aliphatic carbocycles. The van der Waals surface area contributed by atoms with Gasteiger partial charge in [0.15, 0.2) is 0 Å². The van der Waals surface area contributed by atoms with Gasteiger partial charge in [-0.1, -0.05) is 18.2 Å². The number of methoxy groups -OCH3 is 1. The second kappa shape index (κ2) is 8.33. The summed E-state index contributed by atoms with van der Waals surface area (Å²) in [6.45, 7) is 3.27. The third-order valence-electron chi connectivity index (χ3n) is 4.52. The molecule has 4 rings (SSSR count). The summed E-state index contributed by atoms with van der Waals surface area (Å²) in [7, 11) is 1.56. The van der Waals surface area contributed by atoms with E-state index < -0.39 is 0 Å². The smallest absolute Gasteiger partial charge is 0.316 e. The maximum atomic E-state index is 5.96. The van der Waals surface area contributed by atoms with Gasteiger partial charge < -0.3 is 18.9 Å². The molecule has 0 amide bonds. The molecule has 1 aliphatic heterocycles. The summed E-state index contributed by atoms with van der Waals surface area (Å²) in [5.41, 5.74) is 2.01. The van der Waals surface area contributed by atoms with Gasteiger partial charge in [-0.3, -0.25) is 0 Å². The first kappa shape index (κ1) is 17.7. The summed E-state index contributed by atoms with van der Waals surface area (Å²) in [5.74, 6) is 1.12. The number of hydrogen-bond donors (Lipinski definition) is 0. The van der Waals surface area contributed by atoms with Gasteiger partial charge in [0.05, 0.1) is 40.1 Å². The van der Waals surface area contributed by atoms with Gasteiger partial charge in [-0.2, -0.15) is 0 Å². The number of hydrogen-bond acceptors (Lipinski definition) is 6. The highest BCUT2D eigenvalue weighted by atomic mass is 16.5. The van der Waals surface area contributed by atoms with Crippen molar-refractivity contribution in [3.8, 4) is 22.9 Å². The lowest BCUT2D eigenvalue weighted by Crippen LogP contribution is -2.20. The molecule has 2 heterocycles. The Hall–Kier alpha value is -2.70. The van der Waals surface area contributed by atoms with Crippen molar-refractivity contribution in [3.05, 3.63) is 48.8 Å². The second-order valence-corrected chi connectivity index (χ2v) is 6.51. The minimum Gasteiger partial charge on any atom is -0.493 e. The zero-order valence-corrected chi connectivity index (χ0v) is 15.3. The van der Waals surface area contributed by atoms with Crippen LogP contribution >= 0.6 is 0 Å². The number of nitrogens with zero attached hydrogens (tertiary/aromatic N) is 2. The fourth-order valence-electron chi connectivity index (χ4n) is 3.04. The zero-order chi connectivity index (χ0) is 18.5. The molecule has 0 radical (unpaired) electrons. The van der Waals surface area contributed by atoms with Gasteiger partial charge in [0, 0.05) is 23.9 Å². The number of benzene rings is 2. The van der Waals surface area contributed by atoms with Crippen LogP contribution in [-0.2, 0) is 9.47 Å². The van der Waals surface area contributed by atoms with E-state index in [4.69, 9.17) is 18.9 Å². The molecule has 0 N–H and O–H groups in total. The van der Waals surface area contributed by atoms with Crippen LogP contribution in [0.5, 0.6) is 11.8 Å². The first-order valence-corrected chi connectivity index (χ1v) is 9.00. The molecule has 27 heavy (non-hydrogen) atoms. The molecule has 1 fully saturated rings. The minimum absolute atomic E-state index is 0.264. The zero-order valence-electron chi connectivity index (χ0n) is 15.3. The number of fused-ring (bicyclic) bond motifs is 1. The Kier molecular flexibility index (Phi) is 5.46. The summed E-state index contributed by atoms with van der Waals surface area (Å²) in [5, 5.41) is 2.26. The van der Waals surface area contributed by atoms with Crippen molar-refractivity contribution in [2.24, 2.45) is 5.92 Å². The normalized spacial score (nSPS) is 15.4. The van der Waals surface area contributed by atoms with Crippen LogP contribution in [0.1, 0.15) is 0 Å². The van der Waals surface area contributed by atoms with E-state index in [1.165, 1.54) is 0 Å². The first-order valence-electron chi connectivity index (χ1n) is 9.00. The van der Waals surface area contributed by atoms with Crippen LogP contribution in [0, 0.1) is 5.92 Å². The van der Waals surface area contributed by atoms with Crippen molar-refractivity contribution < 1.29 is 18.9 Å². The fourth-order valence-corrected chi connectivity index (χ4v) is 3.04. The van der Waals surface area contributed by atoms with E-state index in [0.29, 0.717) is 39.0 Å². The summed E-state index contributed by atoms with van der Waals surface area (Å²) >= 11 is 0. The highest BCUT2D eigenvalue weighted by Crippen LogP contribution is 2.27. The monoisotopic (exact) mass is 366 g/mol. The van der Waals surface area contributed by atoms with E-state index in [1.54, 1.807) is 19.5 Å². The molecule has 1 aliphatic rings. The lowest BCUT2D eigenvalue weighted by atomic mass is 10.0. The third kappa shape index (κ3) is 4.35. The first-order chi connectivity index (χ1) is 13.3. The van der Waals surface area contributed by atoms with E-state index in [2.05, 4.69) is 40.3 Å². The molecule has 3 aromatic rings. The van der Waals surface area contributed by atoms with Gasteiger partial charge in [0.2, 0.25) is 0 Å². The van der Waals surface area contributed by atoms with Crippen LogP contribution in [0.25, 0.3) is 21.9 Å². The maximum absolute atomic E-state index is 5.96. The van der Waals surface area contributed by atoms with E-state index in [-0.39, 0.29) is 5.92 Å². The summed E-state index contributed by atoms with van der Waals surface area (Å²) in [6.07, 6.45) is 3.53. The van der Waals surface area contributed by atoms with Gasteiger partial charge in [-0.15, -0.1) is 0 Å². The molecule has 1 saturated heterocycles. The predicted octanol–water partition coefficient (Wildman–Crippen LogP) is 3.35. The Morgan fingerprint density at radius 3 is 2.37 bits per heavy atom. The van der Waals surface area contributed by atoms with Gasteiger partial charge in [0.1, 0.15) is 5.75 Å². The SMILES string of the molecule is COc1ncc(-c2ccc3cc(OCC4COCCOC4)ccc3c2)cn1. The molecule has 0 bridgehead atoms. The van der Waals surface area contributed by atoms with E-state index in [0.717, 1.165) is 27.6 Å². The van der Waals surface area contributed by atoms with Crippen molar-refractivity contribution in [2.45, 2.75) is 0 Å². The van der Waals surface area contributed by atoms with Crippen molar-refractivity contribution in [1.29, 1.82) is 0 Å². The van der Waals surface area contributed by atoms with Crippen molar-refractivity contribution in [3.63, 3.8) is 0 Å². The molecular formula is C21H22N2O4. The minimum atomic E-state index is 0.264. The van der Waals surface area contributed by atoms with Gasteiger partial charge in [0.25, 0.3) is 0 Å². The van der Waals surface area contributed by atoms with Crippen LogP contribution in [-0.4, -0.2) is 50.1 Å². The molecule has 0 unspecified atom stereocenters. The molecule has 0 atom stereocenters. The van der Waals surface area contributed by atoms with Crippen LogP contribution in [0.2, 0.25) is 0 Å². The lowest BCUT2D eigenvalue weighted by molar-refractivity contribution is 0.101. The number of aromatic nitrogens is 2. The summed E-state index contributed by atoms with van der Waals surface area (Å²) in [6, 6.07) is 12.8. The van der Waals surface area contributed by atoms with Crippen LogP contribution in [0.4, 0.5) is 0 Å². The molecular weight excluding hydrogens is 344 g/mol. The van der Waals surface area contributed by atoms with Crippen LogP contribution in [0.15, 0.2) is 48.8 Å². The highest BCUT2D eigenvalue weighted by molar-refractivity contribution is 5.88. The maximum Gasteiger partial charge on any atom is 0.316 e. The van der Waals surface area contributed by atoms with Gasteiger partial charge in [-0.25, -0.2) is 9.97 Å². The average Bonchev–Trinajstić information content (AvgIpc) is 3.01. The van der Waals surface area contributed by atoms with Crippen molar-refractivity contribution in [2.75, 3.05) is 40.1 Å². The third-order valence-corrected chi connectivity index (χ3v) is 4.52. The van der Waals surface area contributed by atoms with Crippen molar-refractivity contribution >= 4 is 10.8 Å². The molecule has 6 nitrogen and oxygen atoms in total. The summed E-state index contributed by atoms with van der Waals surface area (Å²) in [4.78, 5) is 8.34. The lowest BCUT2D eigenvalue weighted by Gasteiger charge is -2.15. The van der Waals surface area contributed by atoms with E-state index in [1.807, 2.05) is 6.07 Å². The molecule has 2 aromatic carbocycles. The largest absolute Gasteiger partial charge is 0.493 e. The average molecular weight is 366 g/mol. The van der Waals surface area contributed by atoms with E-state index >= 15 is 0 Å². The Morgan fingerprint density at radius 2 is 1.63 bits per heavy atom.